The van der Waals surface area contributed by atoms with Crippen LogP contribution in [0.25, 0.3) is 0 Å². The Labute approximate surface area is 123 Å². The lowest BCUT2D eigenvalue weighted by Crippen LogP contribution is -1.98. The summed E-state index contributed by atoms with van der Waals surface area (Å²) in [6, 6.07) is 20.9. The van der Waals surface area contributed by atoms with Crippen LogP contribution in [-0.2, 0) is 0 Å². The molecule has 2 aromatic carbocycles. The molecular weight excluding hydrogens is 262 g/mol. The molecule has 0 spiro atoms. The topological polar surface area (TPSA) is 60.2 Å². The molecule has 3 rings (SSSR count). The fourth-order valence-electron chi connectivity index (χ4n) is 1.92. The smallest absolute Gasteiger partial charge is 0.153 e. The Bertz CT molecular complexity index is 729. The van der Waals surface area contributed by atoms with E-state index in [1.54, 1.807) is 18.3 Å². The molecule has 0 fully saturated rings. The molecule has 4 heteroatoms. The van der Waals surface area contributed by atoms with E-state index in [4.69, 9.17) is 10.5 Å². The number of rotatable bonds is 4. The van der Waals surface area contributed by atoms with Crippen molar-refractivity contribution in [3.63, 3.8) is 0 Å². The summed E-state index contributed by atoms with van der Waals surface area (Å²) in [5.74, 6) is 2.18. The molecule has 0 unspecified atom stereocenters. The normalized spacial score (nSPS) is 10.1. The maximum atomic E-state index is 5.87. The Morgan fingerprint density at radius 2 is 1.67 bits per heavy atom. The van der Waals surface area contributed by atoms with Gasteiger partial charge in [0.25, 0.3) is 0 Å². The molecular formula is C17H15N3O. The van der Waals surface area contributed by atoms with Crippen molar-refractivity contribution in [2.75, 3.05) is 11.1 Å². The van der Waals surface area contributed by atoms with E-state index in [1.165, 1.54) is 0 Å². The van der Waals surface area contributed by atoms with Crippen molar-refractivity contribution >= 4 is 17.2 Å². The van der Waals surface area contributed by atoms with Crippen molar-refractivity contribution in [3.05, 3.63) is 72.9 Å². The average molecular weight is 277 g/mol. The molecule has 4 nitrogen and oxygen atoms in total. The molecule has 3 N–H and O–H groups in total. The molecule has 0 aliphatic carbocycles. The Hall–Kier alpha value is -3.01. The SMILES string of the molecule is Nc1cccnc1Nc1cccc(Oc2ccccc2)c1. The predicted octanol–water partition coefficient (Wildman–Crippen LogP) is 4.20. The van der Waals surface area contributed by atoms with E-state index < -0.39 is 0 Å². The zero-order chi connectivity index (χ0) is 14.5. The lowest BCUT2D eigenvalue weighted by molar-refractivity contribution is 0.483. The van der Waals surface area contributed by atoms with E-state index in [-0.39, 0.29) is 0 Å². The minimum absolute atomic E-state index is 0.604. The Morgan fingerprint density at radius 3 is 2.48 bits per heavy atom. The molecule has 21 heavy (non-hydrogen) atoms. The highest BCUT2D eigenvalue weighted by atomic mass is 16.5. The van der Waals surface area contributed by atoms with E-state index in [0.717, 1.165) is 17.2 Å². The molecule has 0 saturated carbocycles. The molecule has 0 radical (unpaired) electrons. The lowest BCUT2D eigenvalue weighted by Gasteiger charge is -2.10. The quantitative estimate of drug-likeness (QED) is 0.750. The third-order valence-corrected chi connectivity index (χ3v) is 2.91. The van der Waals surface area contributed by atoms with Crippen LogP contribution < -0.4 is 15.8 Å². The second-order valence-electron chi connectivity index (χ2n) is 4.51. The van der Waals surface area contributed by atoms with E-state index in [2.05, 4.69) is 10.3 Å². The first-order chi connectivity index (χ1) is 10.3. The number of ether oxygens (including phenoxy) is 1. The molecule has 0 atom stereocenters. The lowest BCUT2D eigenvalue weighted by atomic mass is 10.3. The van der Waals surface area contributed by atoms with Crippen molar-refractivity contribution in [1.82, 2.24) is 4.98 Å². The van der Waals surface area contributed by atoms with Crippen LogP contribution in [0.4, 0.5) is 17.2 Å². The number of aromatic nitrogens is 1. The summed E-state index contributed by atoms with van der Waals surface area (Å²) < 4.78 is 5.80. The van der Waals surface area contributed by atoms with Gasteiger partial charge in [-0.25, -0.2) is 4.98 Å². The first-order valence-electron chi connectivity index (χ1n) is 6.62. The standard InChI is InChI=1S/C17H15N3O/c18-16-10-5-11-19-17(16)20-13-6-4-9-15(12-13)21-14-7-2-1-3-8-14/h1-12H,18H2,(H,19,20). The number of pyridine rings is 1. The van der Waals surface area contributed by atoms with Gasteiger partial charge in [-0.05, 0) is 36.4 Å². The third-order valence-electron chi connectivity index (χ3n) is 2.91. The summed E-state index contributed by atoms with van der Waals surface area (Å²) in [6.07, 6.45) is 1.70. The van der Waals surface area contributed by atoms with Gasteiger partial charge < -0.3 is 15.8 Å². The molecule has 0 saturated heterocycles. The van der Waals surface area contributed by atoms with Gasteiger partial charge in [-0.1, -0.05) is 24.3 Å². The highest BCUT2D eigenvalue weighted by Gasteiger charge is 2.02. The number of para-hydroxylation sites is 1. The predicted molar refractivity (Wildman–Crippen MR) is 84.9 cm³/mol. The van der Waals surface area contributed by atoms with Crippen LogP contribution >= 0.6 is 0 Å². The van der Waals surface area contributed by atoms with Crippen molar-refractivity contribution in [1.29, 1.82) is 0 Å². The highest BCUT2D eigenvalue weighted by molar-refractivity contribution is 5.68. The zero-order valence-electron chi connectivity index (χ0n) is 11.4. The average Bonchev–Trinajstić information content (AvgIpc) is 2.51. The fraction of sp³-hybridized carbons (Fsp3) is 0. The molecule has 104 valence electrons. The minimum atomic E-state index is 0.604. The summed E-state index contributed by atoms with van der Waals surface area (Å²) in [5, 5.41) is 3.18. The summed E-state index contributed by atoms with van der Waals surface area (Å²) in [6.45, 7) is 0. The summed E-state index contributed by atoms with van der Waals surface area (Å²) in [7, 11) is 0. The van der Waals surface area contributed by atoms with Gasteiger partial charge in [0.1, 0.15) is 11.5 Å². The van der Waals surface area contributed by atoms with E-state index in [0.29, 0.717) is 11.5 Å². The fourth-order valence-corrected chi connectivity index (χ4v) is 1.92. The number of nitrogens with zero attached hydrogens (tertiary/aromatic N) is 1. The maximum Gasteiger partial charge on any atom is 0.153 e. The van der Waals surface area contributed by atoms with Crippen LogP contribution in [0.2, 0.25) is 0 Å². The number of hydrogen-bond donors (Lipinski definition) is 2. The Kier molecular flexibility index (Phi) is 3.69. The molecule has 1 aromatic heterocycles. The largest absolute Gasteiger partial charge is 0.457 e. The zero-order valence-corrected chi connectivity index (χ0v) is 11.4. The van der Waals surface area contributed by atoms with Gasteiger partial charge in [0, 0.05) is 18.0 Å². The van der Waals surface area contributed by atoms with Gasteiger partial charge in [-0.2, -0.15) is 0 Å². The summed E-state index contributed by atoms with van der Waals surface area (Å²) in [4.78, 5) is 4.21. The Balaban J connectivity index is 1.79. The van der Waals surface area contributed by atoms with Crippen LogP contribution in [-0.4, -0.2) is 4.98 Å². The molecule has 0 amide bonds. The van der Waals surface area contributed by atoms with Gasteiger partial charge in [0.05, 0.1) is 5.69 Å². The Morgan fingerprint density at radius 1 is 0.857 bits per heavy atom. The summed E-state index contributed by atoms with van der Waals surface area (Å²) >= 11 is 0. The molecule has 1 heterocycles. The van der Waals surface area contributed by atoms with Gasteiger partial charge in [0.15, 0.2) is 5.82 Å². The van der Waals surface area contributed by atoms with Crippen LogP contribution in [0.1, 0.15) is 0 Å². The number of benzene rings is 2. The highest BCUT2D eigenvalue weighted by Crippen LogP contribution is 2.26. The number of nitrogens with two attached hydrogens (primary N) is 1. The van der Waals surface area contributed by atoms with Gasteiger partial charge in [0.2, 0.25) is 0 Å². The van der Waals surface area contributed by atoms with Crippen LogP contribution in [0.3, 0.4) is 0 Å². The van der Waals surface area contributed by atoms with Crippen molar-refractivity contribution in [3.8, 4) is 11.5 Å². The van der Waals surface area contributed by atoms with Crippen molar-refractivity contribution in [2.45, 2.75) is 0 Å². The molecule has 0 bridgehead atoms. The van der Waals surface area contributed by atoms with Crippen molar-refractivity contribution in [2.24, 2.45) is 0 Å². The minimum Gasteiger partial charge on any atom is -0.457 e. The van der Waals surface area contributed by atoms with E-state index >= 15 is 0 Å². The van der Waals surface area contributed by atoms with Crippen LogP contribution in [0.5, 0.6) is 11.5 Å². The van der Waals surface area contributed by atoms with Crippen molar-refractivity contribution < 1.29 is 4.74 Å². The molecule has 0 aliphatic heterocycles. The second kappa shape index (κ2) is 5.96. The second-order valence-corrected chi connectivity index (χ2v) is 4.51. The monoisotopic (exact) mass is 277 g/mol. The maximum absolute atomic E-state index is 5.87. The van der Waals surface area contributed by atoms with Gasteiger partial charge >= 0.3 is 0 Å². The van der Waals surface area contributed by atoms with E-state index in [1.807, 2.05) is 54.6 Å². The van der Waals surface area contributed by atoms with Crippen LogP contribution in [0, 0.1) is 0 Å². The number of nitrogen functional groups attached to an aromatic ring is 1. The van der Waals surface area contributed by atoms with Gasteiger partial charge in [-0.15, -0.1) is 0 Å². The van der Waals surface area contributed by atoms with E-state index in [9.17, 15) is 0 Å². The summed E-state index contributed by atoms with van der Waals surface area (Å²) in [5.41, 5.74) is 7.35. The van der Waals surface area contributed by atoms with Gasteiger partial charge in [-0.3, -0.25) is 0 Å². The first kappa shape index (κ1) is 13.0. The first-order valence-corrected chi connectivity index (χ1v) is 6.62. The number of nitrogens with one attached hydrogen (secondary N) is 1. The third kappa shape index (κ3) is 3.30. The number of anilines is 3. The molecule has 3 aromatic rings. The van der Waals surface area contributed by atoms with Crippen LogP contribution in [0.15, 0.2) is 72.9 Å². The molecule has 0 aliphatic rings. The number of hydrogen-bond acceptors (Lipinski definition) is 4.